The highest BCUT2D eigenvalue weighted by Crippen LogP contribution is 2.23. The number of benzene rings is 2. The predicted octanol–water partition coefficient (Wildman–Crippen LogP) is 4.38. The third-order valence-corrected chi connectivity index (χ3v) is 5.51. The Hall–Kier alpha value is -2.18. The second-order valence-corrected chi connectivity index (χ2v) is 7.35. The summed E-state index contributed by atoms with van der Waals surface area (Å²) in [6.07, 6.45) is 1.49. The molecule has 0 aliphatic carbocycles. The van der Waals surface area contributed by atoms with E-state index in [0.29, 0.717) is 23.2 Å². The number of anilines is 1. The van der Waals surface area contributed by atoms with Crippen molar-refractivity contribution >= 4 is 40.5 Å². The van der Waals surface area contributed by atoms with Crippen LogP contribution in [0.25, 0.3) is 0 Å². The summed E-state index contributed by atoms with van der Waals surface area (Å²) in [5.74, 6) is -0.878. The van der Waals surface area contributed by atoms with Crippen molar-refractivity contribution in [3.63, 3.8) is 0 Å². The minimum absolute atomic E-state index is 0.00376. The number of halogens is 2. The van der Waals surface area contributed by atoms with Crippen LogP contribution in [-0.2, 0) is 0 Å². The monoisotopic (exact) mass is 405 g/mol. The normalized spacial score (nSPS) is 14.7. The van der Waals surface area contributed by atoms with E-state index in [4.69, 9.17) is 23.8 Å². The van der Waals surface area contributed by atoms with Gasteiger partial charge in [0.1, 0.15) is 5.82 Å². The summed E-state index contributed by atoms with van der Waals surface area (Å²) in [5.41, 5.74) is 1.92. The number of nitrogens with zero attached hydrogens (tertiary/aromatic N) is 1. The molecule has 7 heteroatoms. The van der Waals surface area contributed by atoms with Gasteiger partial charge < -0.3 is 15.5 Å². The van der Waals surface area contributed by atoms with Crippen LogP contribution in [0.4, 0.5) is 10.1 Å². The highest BCUT2D eigenvalue weighted by atomic mass is 35.5. The molecule has 0 radical (unpaired) electrons. The van der Waals surface area contributed by atoms with Crippen molar-refractivity contribution in [3.8, 4) is 0 Å². The van der Waals surface area contributed by atoms with E-state index in [9.17, 15) is 9.18 Å². The van der Waals surface area contributed by atoms with Crippen LogP contribution in [-0.4, -0.2) is 35.1 Å². The van der Waals surface area contributed by atoms with E-state index >= 15 is 0 Å². The number of amides is 1. The highest BCUT2D eigenvalue weighted by Gasteiger charge is 2.23. The van der Waals surface area contributed by atoms with Crippen molar-refractivity contribution in [1.82, 2.24) is 10.2 Å². The van der Waals surface area contributed by atoms with Gasteiger partial charge in [-0.2, -0.15) is 0 Å². The van der Waals surface area contributed by atoms with E-state index in [1.54, 1.807) is 12.1 Å². The van der Waals surface area contributed by atoms with Crippen molar-refractivity contribution in [3.05, 3.63) is 64.4 Å². The van der Waals surface area contributed by atoms with Gasteiger partial charge in [0, 0.05) is 29.8 Å². The average Bonchev–Trinajstić information content (AvgIpc) is 2.66. The van der Waals surface area contributed by atoms with E-state index in [2.05, 4.69) is 15.5 Å². The predicted molar refractivity (Wildman–Crippen MR) is 111 cm³/mol. The van der Waals surface area contributed by atoms with Gasteiger partial charge in [-0.15, -0.1) is 0 Å². The van der Waals surface area contributed by atoms with Gasteiger partial charge >= 0.3 is 0 Å². The zero-order chi connectivity index (χ0) is 19.4. The van der Waals surface area contributed by atoms with E-state index in [1.807, 2.05) is 25.1 Å². The molecule has 1 amide bonds. The minimum Gasteiger partial charge on any atom is -0.349 e. The lowest BCUT2D eigenvalue weighted by molar-refractivity contribution is 0.0918. The Morgan fingerprint density at radius 2 is 1.89 bits per heavy atom. The second-order valence-electron chi connectivity index (χ2n) is 6.56. The molecule has 0 saturated carbocycles. The molecule has 0 spiro atoms. The maximum absolute atomic E-state index is 13.7. The first-order chi connectivity index (χ1) is 13.0. The van der Waals surface area contributed by atoms with Gasteiger partial charge in [0.05, 0.1) is 5.56 Å². The Morgan fingerprint density at radius 1 is 1.19 bits per heavy atom. The average molecular weight is 406 g/mol. The summed E-state index contributed by atoms with van der Waals surface area (Å²) < 4.78 is 13.7. The number of rotatable bonds is 3. The van der Waals surface area contributed by atoms with Gasteiger partial charge in [-0.1, -0.05) is 29.8 Å². The SMILES string of the molecule is Cc1c(Cl)cccc1NC(=S)N1CCC(NC(=O)c2ccccc2F)CC1. The van der Waals surface area contributed by atoms with Gasteiger partial charge in [-0.3, -0.25) is 4.79 Å². The van der Waals surface area contributed by atoms with Gasteiger partial charge in [0.25, 0.3) is 5.91 Å². The smallest absolute Gasteiger partial charge is 0.254 e. The Balaban J connectivity index is 1.52. The maximum Gasteiger partial charge on any atom is 0.254 e. The summed E-state index contributed by atoms with van der Waals surface area (Å²) in [5, 5.41) is 7.49. The topological polar surface area (TPSA) is 44.4 Å². The van der Waals surface area contributed by atoms with E-state index in [0.717, 1.165) is 24.1 Å². The molecule has 4 nitrogen and oxygen atoms in total. The van der Waals surface area contributed by atoms with Crippen LogP contribution in [0.1, 0.15) is 28.8 Å². The number of carbonyl (C=O) groups excluding carboxylic acids is 1. The first-order valence-electron chi connectivity index (χ1n) is 8.82. The molecule has 1 saturated heterocycles. The second kappa shape index (κ2) is 8.67. The van der Waals surface area contributed by atoms with Crippen molar-refractivity contribution in [2.24, 2.45) is 0 Å². The molecule has 2 N–H and O–H groups in total. The van der Waals surface area contributed by atoms with Crippen molar-refractivity contribution in [2.45, 2.75) is 25.8 Å². The summed E-state index contributed by atoms with van der Waals surface area (Å²) in [6, 6.07) is 11.7. The number of thiocarbonyl (C=S) groups is 1. The van der Waals surface area contributed by atoms with Crippen LogP contribution in [0.3, 0.4) is 0 Å². The third kappa shape index (κ3) is 4.76. The molecular weight excluding hydrogens is 385 g/mol. The molecule has 1 aliphatic heterocycles. The van der Waals surface area contributed by atoms with Gasteiger partial charge in [-0.05, 0) is 61.8 Å². The lowest BCUT2D eigenvalue weighted by Crippen LogP contribution is -2.47. The van der Waals surface area contributed by atoms with Crippen LogP contribution < -0.4 is 10.6 Å². The number of hydrogen-bond acceptors (Lipinski definition) is 2. The number of nitrogens with one attached hydrogen (secondary N) is 2. The summed E-state index contributed by atoms with van der Waals surface area (Å²) in [6.45, 7) is 3.37. The summed E-state index contributed by atoms with van der Waals surface area (Å²) >= 11 is 11.7. The first-order valence-corrected chi connectivity index (χ1v) is 9.61. The molecular formula is C20H21ClFN3OS. The number of likely N-dealkylation sites (tertiary alicyclic amines) is 1. The van der Waals surface area contributed by atoms with E-state index < -0.39 is 5.82 Å². The number of carbonyl (C=O) groups is 1. The third-order valence-electron chi connectivity index (χ3n) is 4.75. The zero-order valence-electron chi connectivity index (χ0n) is 15.0. The molecule has 3 rings (SSSR count). The van der Waals surface area contributed by atoms with Crippen LogP contribution in [0.2, 0.25) is 5.02 Å². The summed E-state index contributed by atoms with van der Waals surface area (Å²) in [7, 11) is 0. The van der Waals surface area contributed by atoms with Crippen LogP contribution in [0.15, 0.2) is 42.5 Å². The first kappa shape index (κ1) is 19.6. The van der Waals surface area contributed by atoms with Crippen molar-refractivity contribution in [2.75, 3.05) is 18.4 Å². The highest BCUT2D eigenvalue weighted by molar-refractivity contribution is 7.80. The zero-order valence-corrected chi connectivity index (χ0v) is 16.5. The Bertz CT molecular complexity index is 853. The van der Waals surface area contributed by atoms with Crippen molar-refractivity contribution < 1.29 is 9.18 Å². The van der Waals surface area contributed by atoms with Gasteiger partial charge in [0.2, 0.25) is 0 Å². The lowest BCUT2D eigenvalue weighted by atomic mass is 10.0. The molecule has 2 aromatic rings. The molecule has 142 valence electrons. The van der Waals surface area contributed by atoms with Gasteiger partial charge in [0.15, 0.2) is 5.11 Å². The van der Waals surface area contributed by atoms with Crippen LogP contribution in [0.5, 0.6) is 0 Å². The standard InChI is InChI=1S/C20H21ClFN3OS/c1-13-16(21)6-4-8-18(13)24-20(27)25-11-9-14(10-12-25)23-19(26)15-5-2-3-7-17(15)22/h2-8,14H,9-12H2,1H3,(H,23,26)(H,24,27). The molecule has 27 heavy (non-hydrogen) atoms. The molecule has 0 aromatic heterocycles. The summed E-state index contributed by atoms with van der Waals surface area (Å²) in [4.78, 5) is 14.3. The van der Waals surface area contributed by atoms with Crippen LogP contribution in [0, 0.1) is 12.7 Å². The maximum atomic E-state index is 13.7. The largest absolute Gasteiger partial charge is 0.349 e. The fraction of sp³-hybridized carbons (Fsp3) is 0.300. The van der Waals surface area contributed by atoms with Gasteiger partial charge in [-0.25, -0.2) is 4.39 Å². The quantitative estimate of drug-likeness (QED) is 0.744. The molecule has 0 unspecified atom stereocenters. The lowest BCUT2D eigenvalue weighted by Gasteiger charge is -2.34. The molecule has 1 heterocycles. The van der Waals surface area contributed by atoms with Crippen molar-refractivity contribution in [1.29, 1.82) is 0 Å². The Morgan fingerprint density at radius 3 is 2.59 bits per heavy atom. The Labute approximate surface area is 168 Å². The van der Waals surface area contributed by atoms with E-state index in [1.165, 1.54) is 12.1 Å². The molecule has 1 fully saturated rings. The molecule has 2 aromatic carbocycles. The number of piperidine rings is 1. The minimum atomic E-state index is -0.505. The Kier molecular flexibility index (Phi) is 6.29. The molecule has 0 atom stereocenters. The number of hydrogen-bond donors (Lipinski definition) is 2. The molecule has 1 aliphatic rings. The fourth-order valence-electron chi connectivity index (χ4n) is 3.07. The van der Waals surface area contributed by atoms with Crippen LogP contribution >= 0.6 is 23.8 Å². The van der Waals surface area contributed by atoms with E-state index in [-0.39, 0.29) is 17.5 Å². The fourth-order valence-corrected chi connectivity index (χ4v) is 3.54. The molecule has 0 bridgehead atoms.